The van der Waals surface area contributed by atoms with Gasteiger partial charge < -0.3 is 29.9 Å². The van der Waals surface area contributed by atoms with Gasteiger partial charge in [-0.3, -0.25) is 0 Å². The van der Waals surface area contributed by atoms with Crippen LogP contribution in [0.15, 0.2) is 24.3 Å². The van der Waals surface area contributed by atoms with Crippen LogP contribution in [-0.2, 0) is 0 Å². The van der Waals surface area contributed by atoms with Gasteiger partial charge in [-0.1, -0.05) is 17.7 Å². The van der Waals surface area contributed by atoms with Crippen LogP contribution in [0.1, 0.15) is 15.9 Å². The molecule has 0 bridgehead atoms. The number of halogens is 2. The molecule has 0 aliphatic rings. The maximum atomic E-state index is 10.4. The number of carboxylic acids is 1. The molecule has 0 fully saturated rings. The Bertz CT molecular complexity index is 266. The Hall–Kier alpha value is 0.0362. The zero-order valence-corrected chi connectivity index (χ0v) is 10.1. The first-order valence-electron chi connectivity index (χ1n) is 3.00. The summed E-state index contributed by atoms with van der Waals surface area (Å²) in [6.07, 6.45) is 0. The Balaban J connectivity index is -0.000000333. The second-order valence-electron chi connectivity index (χ2n) is 2.17. The quantitative estimate of drug-likeness (QED) is 0.493. The maximum absolute atomic E-state index is 10.4. The van der Waals surface area contributed by atoms with Crippen LogP contribution in [0.2, 0.25) is 0 Å². The molecule has 0 aliphatic heterocycles. The SMILES string of the molecule is Cc1cccc(C(=O)O)c1.[Cl-].[Cl-].[Mg+2]. The van der Waals surface area contributed by atoms with Crippen molar-refractivity contribution in [3.05, 3.63) is 35.4 Å². The first kappa shape index (κ1) is 18.7. The molecule has 5 heteroatoms. The van der Waals surface area contributed by atoms with Crippen LogP contribution in [-0.4, -0.2) is 34.1 Å². The first-order valence-corrected chi connectivity index (χ1v) is 3.00. The van der Waals surface area contributed by atoms with E-state index < -0.39 is 5.97 Å². The predicted molar refractivity (Wildman–Crippen MR) is 43.9 cm³/mol. The van der Waals surface area contributed by atoms with Gasteiger partial charge in [0.05, 0.1) is 5.56 Å². The van der Waals surface area contributed by atoms with Gasteiger partial charge in [-0.2, -0.15) is 0 Å². The maximum Gasteiger partial charge on any atom is 2.00 e. The van der Waals surface area contributed by atoms with Crippen molar-refractivity contribution in [1.82, 2.24) is 0 Å². The molecule has 0 aliphatic carbocycles. The Kier molecular flexibility index (Phi) is 12.4. The van der Waals surface area contributed by atoms with Crippen molar-refractivity contribution in [2.24, 2.45) is 0 Å². The average molecular weight is 231 g/mol. The van der Waals surface area contributed by atoms with Crippen LogP contribution in [0.25, 0.3) is 0 Å². The molecule has 1 rings (SSSR count). The molecule has 0 heterocycles. The van der Waals surface area contributed by atoms with E-state index in [0.29, 0.717) is 5.56 Å². The van der Waals surface area contributed by atoms with Gasteiger partial charge in [-0.15, -0.1) is 0 Å². The molecule has 0 amide bonds. The summed E-state index contributed by atoms with van der Waals surface area (Å²) in [4.78, 5) is 10.4. The van der Waals surface area contributed by atoms with Gasteiger partial charge in [-0.25, -0.2) is 4.79 Å². The van der Waals surface area contributed by atoms with E-state index in [1.165, 1.54) is 0 Å². The van der Waals surface area contributed by atoms with E-state index in [-0.39, 0.29) is 47.9 Å². The van der Waals surface area contributed by atoms with E-state index in [9.17, 15) is 4.79 Å². The summed E-state index contributed by atoms with van der Waals surface area (Å²) < 4.78 is 0. The Morgan fingerprint density at radius 1 is 1.31 bits per heavy atom. The number of aromatic carboxylic acids is 1. The number of carbonyl (C=O) groups is 1. The normalized spacial score (nSPS) is 7.15. The van der Waals surface area contributed by atoms with Gasteiger partial charge >= 0.3 is 29.0 Å². The van der Waals surface area contributed by atoms with Gasteiger partial charge in [0, 0.05) is 0 Å². The van der Waals surface area contributed by atoms with E-state index in [2.05, 4.69) is 0 Å². The number of carboxylic acid groups (broad SMARTS) is 1. The Morgan fingerprint density at radius 2 is 1.85 bits per heavy atom. The molecule has 1 aromatic rings. The van der Waals surface area contributed by atoms with Crippen molar-refractivity contribution >= 4 is 29.0 Å². The molecular formula is C8H8Cl2MgO2. The Morgan fingerprint density at radius 3 is 2.15 bits per heavy atom. The predicted octanol–water partition coefficient (Wildman–Crippen LogP) is -4.68. The molecule has 0 aromatic heterocycles. The van der Waals surface area contributed by atoms with E-state index in [4.69, 9.17) is 5.11 Å². The molecule has 0 atom stereocenters. The molecule has 0 unspecified atom stereocenters. The second-order valence-corrected chi connectivity index (χ2v) is 2.17. The molecule has 1 aromatic carbocycles. The number of rotatable bonds is 1. The van der Waals surface area contributed by atoms with E-state index >= 15 is 0 Å². The molecule has 0 spiro atoms. The van der Waals surface area contributed by atoms with Crippen molar-refractivity contribution in [2.75, 3.05) is 0 Å². The Labute approximate surface area is 106 Å². The van der Waals surface area contributed by atoms with Gasteiger partial charge in [0.1, 0.15) is 0 Å². The third-order valence-electron chi connectivity index (χ3n) is 1.27. The van der Waals surface area contributed by atoms with Crippen molar-refractivity contribution < 1.29 is 34.7 Å². The van der Waals surface area contributed by atoms with Crippen molar-refractivity contribution in [3.8, 4) is 0 Å². The third-order valence-corrected chi connectivity index (χ3v) is 1.27. The minimum Gasteiger partial charge on any atom is -1.00 e. The summed E-state index contributed by atoms with van der Waals surface area (Å²) in [5.74, 6) is -0.872. The summed E-state index contributed by atoms with van der Waals surface area (Å²) in [5.41, 5.74) is 1.32. The van der Waals surface area contributed by atoms with Gasteiger partial charge in [0.15, 0.2) is 0 Å². The van der Waals surface area contributed by atoms with Crippen molar-refractivity contribution in [3.63, 3.8) is 0 Å². The van der Waals surface area contributed by atoms with Crippen LogP contribution in [0.5, 0.6) is 0 Å². The van der Waals surface area contributed by atoms with E-state index in [1.54, 1.807) is 18.2 Å². The van der Waals surface area contributed by atoms with Crippen LogP contribution in [0.3, 0.4) is 0 Å². The fourth-order valence-electron chi connectivity index (χ4n) is 0.778. The fraction of sp³-hybridized carbons (Fsp3) is 0.125. The monoisotopic (exact) mass is 230 g/mol. The summed E-state index contributed by atoms with van der Waals surface area (Å²) in [6, 6.07) is 6.82. The molecule has 0 saturated heterocycles. The summed E-state index contributed by atoms with van der Waals surface area (Å²) in [5, 5.41) is 8.51. The average Bonchev–Trinajstić information content (AvgIpc) is 1.88. The van der Waals surface area contributed by atoms with Crippen LogP contribution in [0, 0.1) is 6.92 Å². The van der Waals surface area contributed by atoms with Crippen molar-refractivity contribution in [2.45, 2.75) is 6.92 Å². The molecule has 68 valence electrons. The van der Waals surface area contributed by atoms with Gasteiger partial charge in [-0.05, 0) is 19.1 Å². The summed E-state index contributed by atoms with van der Waals surface area (Å²) in [6.45, 7) is 1.87. The fourth-order valence-corrected chi connectivity index (χ4v) is 0.778. The smallest absolute Gasteiger partial charge is 1.00 e. The van der Waals surface area contributed by atoms with Gasteiger partial charge in [0.25, 0.3) is 0 Å². The van der Waals surface area contributed by atoms with Crippen LogP contribution >= 0.6 is 0 Å². The number of benzene rings is 1. The third kappa shape index (κ3) is 6.15. The minimum absolute atomic E-state index is 0. The minimum atomic E-state index is -0.872. The number of hydrogen-bond donors (Lipinski definition) is 1. The topological polar surface area (TPSA) is 37.3 Å². The molecule has 13 heavy (non-hydrogen) atoms. The van der Waals surface area contributed by atoms with E-state index in [0.717, 1.165) is 5.56 Å². The van der Waals surface area contributed by atoms with Crippen LogP contribution in [0.4, 0.5) is 0 Å². The van der Waals surface area contributed by atoms with Gasteiger partial charge in [0.2, 0.25) is 0 Å². The van der Waals surface area contributed by atoms with Crippen molar-refractivity contribution in [1.29, 1.82) is 0 Å². The molecular weight excluding hydrogens is 223 g/mol. The molecule has 2 nitrogen and oxygen atoms in total. The zero-order chi connectivity index (χ0) is 7.56. The van der Waals surface area contributed by atoms with E-state index in [1.807, 2.05) is 13.0 Å². The summed E-state index contributed by atoms with van der Waals surface area (Å²) >= 11 is 0. The zero-order valence-electron chi connectivity index (χ0n) is 7.13. The summed E-state index contributed by atoms with van der Waals surface area (Å²) in [7, 11) is 0. The molecule has 1 N–H and O–H groups in total. The van der Waals surface area contributed by atoms with Crippen LogP contribution < -0.4 is 24.8 Å². The molecule has 0 radical (unpaired) electrons. The standard InChI is InChI=1S/C8H8O2.2ClH.Mg/c1-6-3-2-4-7(5-6)8(9)10;;;/h2-5H,1H3,(H,9,10);2*1H;/q;;;+2/p-2. The first-order chi connectivity index (χ1) is 4.70. The number of hydrogen-bond acceptors (Lipinski definition) is 1. The number of aryl methyl sites for hydroxylation is 1. The molecule has 0 saturated carbocycles. The largest absolute Gasteiger partial charge is 2.00 e. The second kappa shape index (κ2) is 8.63.